The second-order valence-corrected chi connectivity index (χ2v) is 9.66. The van der Waals surface area contributed by atoms with Gasteiger partial charge < -0.3 is 19.9 Å². The average Bonchev–Trinajstić information content (AvgIpc) is 2.96. The lowest BCUT2D eigenvalue weighted by atomic mass is 9.71. The Morgan fingerprint density at radius 2 is 1.74 bits per heavy atom. The van der Waals surface area contributed by atoms with Crippen LogP contribution in [0.25, 0.3) is 0 Å². The zero-order valence-electron chi connectivity index (χ0n) is 18.1. The molecule has 0 aromatic carbocycles. The lowest BCUT2D eigenvalue weighted by molar-refractivity contribution is -0.122. The quantitative estimate of drug-likeness (QED) is 0.395. The molecule has 0 radical (unpaired) electrons. The van der Waals surface area contributed by atoms with E-state index >= 15 is 0 Å². The lowest BCUT2D eigenvalue weighted by Crippen LogP contribution is -2.58. The van der Waals surface area contributed by atoms with Crippen molar-refractivity contribution in [2.75, 3.05) is 6.54 Å². The van der Waals surface area contributed by atoms with E-state index < -0.39 is 0 Å². The molecule has 2 heterocycles. The van der Waals surface area contributed by atoms with E-state index in [1.807, 2.05) is 0 Å². The van der Waals surface area contributed by atoms with Crippen LogP contribution < -0.4 is 10.6 Å². The predicted octanol–water partition coefficient (Wildman–Crippen LogP) is 2.65. The van der Waals surface area contributed by atoms with Crippen LogP contribution in [0.3, 0.4) is 0 Å². The molecule has 2 saturated heterocycles. The highest BCUT2D eigenvalue weighted by Crippen LogP contribution is 2.40. The maximum atomic E-state index is 11.7. The first kappa shape index (κ1) is 23.8. The van der Waals surface area contributed by atoms with E-state index in [0.717, 1.165) is 31.8 Å². The topological polar surface area (TPSA) is 101 Å². The van der Waals surface area contributed by atoms with Gasteiger partial charge in [-0.2, -0.15) is 0 Å². The third-order valence-electron chi connectivity index (χ3n) is 6.19. The highest BCUT2D eigenvalue weighted by Gasteiger charge is 2.52. The predicted molar refractivity (Wildman–Crippen MR) is 106 cm³/mol. The number of hydrogen-bond acceptors (Lipinski definition) is 6. The first-order chi connectivity index (χ1) is 12.2. The Labute approximate surface area is 164 Å². The zero-order chi connectivity index (χ0) is 21.1. The van der Waals surface area contributed by atoms with E-state index in [9.17, 15) is 4.79 Å². The first-order valence-electron chi connectivity index (χ1n) is 9.61. The fourth-order valence-electron chi connectivity index (χ4n) is 3.70. The van der Waals surface area contributed by atoms with Crippen LogP contribution in [0.2, 0.25) is 6.32 Å². The van der Waals surface area contributed by atoms with Crippen molar-refractivity contribution in [3.8, 4) is 0 Å². The Bertz CT molecular complexity index is 552. The van der Waals surface area contributed by atoms with Crippen molar-refractivity contribution in [2.45, 2.75) is 97.3 Å². The van der Waals surface area contributed by atoms with Crippen LogP contribution in [0.5, 0.6) is 0 Å². The second kappa shape index (κ2) is 8.44. The molecular formula is C19H36BN3O4. The molecule has 0 saturated carbocycles. The summed E-state index contributed by atoms with van der Waals surface area (Å²) in [6.07, 6.45) is 3.54. The third kappa shape index (κ3) is 5.64. The summed E-state index contributed by atoms with van der Waals surface area (Å²) in [5.74, 6) is 0.0401. The van der Waals surface area contributed by atoms with Crippen LogP contribution in [0.4, 0.5) is 0 Å². The van der Waals surface area contributed by atoms with E-state index in [1.54, 1.807) is 6.92 Å². The largest absolute Gasteiger partial charge is 0.457 e. The number of isocyanates is 1. The summed E-state index contributed by atoms with van der Waals surface area (Å²) >= 11 is 0. The minimum absolute atomic E-state index is 0.00472. The van der Waals surface area contributed by atoms with Crippen molar-refractivity contribution in [1.29, 1.82) is 5.41 Å². The molecule has 27 heavy (non-hydrogen) atoms. The highest BCUT2D eigenvalue weighted by molar-refractivity contribution is 6.45. The van der Waals surface area contributed by atoms with Gasteiger partial charge in [-0.05, 0) is 52.3 Å². The molecule has 0 aromatic heterocycles. The standard InChI is InChI=1S/C18H35BN2O3.CHNO/c1-13(22)21-18(15(2,3)4)11-14(20-12-18)9-10-19-23-16(5,6)17(7,8)24-19;2-1-3/h14,20H,9-12H2,1-8H3,(H,21,22);2H. The van der Waals surface area contributed by atoms with Gasteiger partial charge in [0.1, 0.15) is 0 Å². The third-order valence-corrected chi connectivity index (χ3v) is 6.19. The zero-order valence-corrected chi connectivity index (χ0v) is 18.1. The first-order valence-corrected chi connectivity index (χ1v) is 9.61. The van der Waals surface area contributed by atoms with E-state index in [0.29, 0.717) is 6.04 Å². The van der Waals surface area contributed by atoms with Crippen molar-refractivity contribution in [3.63, 3.8) is 0 Å². The van der Waals surface area contributed by atoms with Gasteiger partial charge in [-0.15, -0.1) is 0 Å². The van der Waals surface area contributed by atoms with Gasteiger partial charge in [0.15, 0.2) is 0 Å². The van der Waals surface area contributed by atoms with Crippen molar-refractivity contribution < 1.29 is 18.9 Å². The number of amides is 1. The van der Waals surface area contributed by atoms with Crippen molar-refractivity contribution in [3.05, 3.63) is 0 Å². The Balaban J connectivity index is 0.00000114. The van der Waals surface area contributed by atoms with Gasteiger partial charge in [-0.3, -0.25) is 4.79 Å². The molecule has 2 rings (SSSR count). The molecule has 2 aliphatic rings. The Morgan fingerprint density at radius 3 is 2.15 bits per heavy atom. The Kier molecular flexibility index (Phi) is 7.45. The molecule has 154 valence electrons. The lowest BCUT2D eigenvalue weighted by Gasteiger charge is -2.42. The maximum Gasteiger partial charge on any atom is 0.457 e. The molecule has 0 spiro atoms. The fraction of sp³-hybridized carbons (Fsp3) is 0.895. The number of hydrogen-bond donors (Lipinski definition) is 3. The smallest absolute Gasteiger partial charge is 0.403 e. The number of carbonyl (C=O) groups excluding carboxylic acids is 2. The normalized spacial score (nSPS) is 28.9. The SMILES string of the molecule is CC(=O)NC1(C(C)(C)C)CNC(CCB2OC(C)(C)C(C)(C)O2)C1.N=C=O. The molecule has 0 aliphatic carbocycles. The molecule has 8 heteroatoms. The fourth-order valence-corrected chi connectivity index (χ4v) is 3.70. The molecule has 2 aliphatic heterocycles. The van der Waals surface area contributed by atoms with Crippen molar-refractivity contribution in [2.24, 2.45) is 5.41 Å². The summed E-state index contributed by atoms with van der Waals surface area (Å²) in [7, 11) is -0.151. The molecule has 2 fully saturated rings. The van der Waals surface area contributed by atoms with Gasteiger partial charge >= 0.3 is 7.12 Å². The highest BCUT2D eigenvalue weighted by atomic mass is 16.7. The number of nitrogens with one attached hydrogen (secondary N) is 3. The molecule has 3 N–H and O–H groups in total. The van der Waals surface area contributed by atoms with Gasteiger partial charge in [0.2, 0.25) is 12.0 Å². The van der Waals surface area contributed by atoms with Crippen LogP contribution >= 0.6 is 0 Å². The summed E-state index contributed by atoms with van der Waals surface area (Å²) in [6, 6.07) is 0.370. The summed E-state index contributed by atoms with van der Waals surface area (Å²) in [4.78, 5) is 20.0. The second-order valence-electron chi connectivity index (χ2n) is 9.66. The summed E-state index contributed by atoms with van der Waals surface area (Å²) in [6.45, 7) is 17.3. The van der Waals surface area contributed by atoms with Crippen LogP contribution in [0.1, 0.15) is 68.2 Å². The minimum Gasteiger partial charge on any atom is -0.403 e. The van der Waals surface area contributed by atoms with E-state index in [4.69, 9.17) is 19.5 Å². The minimum atomic E-state index is -0.272. The molecule has 7 nitrogen and oxygen atoms in total. The number of carbonyl (C=O) groups is 1. The van der Waals surface area contributed by atoms with Crippen LogP contribution in [-0.2, 0) is 18.9 Å². The van der Waals surface area contributed by atoms with Crippen molar-refractivity contribution >= 4 is 19.1 Å². The van der Waals surface area contributed by atoms with Gasteiger partial charge in [-0.1, -0.05) is 20.8 Å². The maximum absolute atomic E-state index is 11.7. The average molecular weight is 381 g/mol. The Morgan fingerprint density at radius 1 is 1.26 bits per heavy atom. The molecule has 2 atom stereocenters. The van der Waals surface area contributed by atoms with Crippen LogP contribution in [0, 0.1) is 10.8 Å². The molecular weight excluding hydrogens is 345 g/mol. The monoisotopic (exact) mass is 381 g/mol. The van der Waals surface area contributed by atoms with Gasteiger partial charge in [-0.25, -0.2) is 10.2 Å². The van der Waals surface area contributed by atoms with Gasteiger partial charge in [0.05, 0.1) is 16.7 Å². The van der Waals surface area contributed by atoms with Crippen molar-refractivity contribution in [1.82, 2.24) is 10.6 Å². The summed E-state index contributed by atoms with van der Waals surface area (Å²) < 4.78 is 12.2. The van der Waals surface area contributed by atoms with E-state index in [-0.39, 0.29) is 35.2 Å². The summed E-state index contributed by atoms with van der Waals surface area (Å²) in [5.41, 5.74) is -0.734. The van der Waals surface area contributed by atoms with Crippen LogP contribution in [-0.4, -0.2) is 48.4 Å². The summed E-state index contributed by atoms with van der Waals surface area (Å²) in [5, 5.41) is 12.2. The Hall–Kier alpha value is -1.21. The number of rotatable bonds is 4. The molecule has 0 bridgehead atoms. The van der Waals surface area contributed by atoms with Gasteiger partial charge in [0, 0.05) is 19.5 Å². The molecule has 1 amide bonds. The van der Waals surface area contributed by atoms with E-state index in [1.165, 1.54) is 0 Å². The molecule has 0 aromatic rings. The van der Waals surface area contributed by atoms with Gasteiger partial charge in [0.25, 0.3) is 0 Å². The molecule has 2 unspecified atom stereocenters. The van der Waals surface area contributed by atoms with Crippen LogP contribution in [0.15, 0.2) is 0 Å². The van der Waals surface area contributed by atoms with E-state index in [2.05, 4.69) is 59.1 Å².